The minimum atomic E-state index is -0.593. The Morgan fingerprint density at radius 2 is 2.00 bits per heavy atom. The van der Waals surface area contributed by atoms with Gasteiger partial charge in [-0.2, -0.15) is 0 Å². The first-order valence-electron chi connectivity index (χ1n) is 10.1. The van der Waals surface area contributed by atoms with Crippen LogP contribution >= 0.6 is 0 Å². The maximum absolute atomic E-state index is 13.5. The van der Waals surface area contributed by atoms with Gasteiger partial charge in [-0.25, -0.2) is 14.4 Å². The van der Waals surface area contributed by atoms with Crippen molar-refractivity contribution in [3.63, 3.8) is 0 Å². The van der Waals surface area contributed by atoms with Gasteiger partial charge in [-0.05, 0) is 54.7 Å². The summed E-state index contributed by atoms with van der Waals surface area (Å²) in [5.74, 6) is 0.0837. The zero-order valence-electron chi connectivity index (χ0n) is 16.5. The molecular weight excluding hydrogens is 383 g/mol. The Balaban J connectivity index is 1.51. The lowest BCUT2D eigenvalue weighted by Gasteiger charge is -2.25. The molecule has 4 rings (SSSR count). The molecule has 0 saturated heterocycles. The minimum Gasteiger partial charge on any atom is -0.396 e. The van der Waals surface area contributed by atoms with Crippen molar-refractivity contribution in [3.05, 3.63) is 78.1 Å². The van der Waals surface area contributed by atoms with Gasteiger partial charge in [0.25, 0.3) is 0 Å². The van der Waals surface area contributed by atoms with Crippen LogP contribution in [-0.2, 0) is 13.0 Å². The second-order valence-corrected chi connectivity index (χ2v) is 7.75. The molecule has 0 aliphatic heterocycles. The van der Waals surface area contributed by atoms with Crippen molar-refractivity contribution in [2.75, 3.05) is 6.61 Å². The van der Waals surface area contributed by atoms with Crippen molar-refractivity contribution in [3.8, 4) is 11.4 Å². The van der Waals surface area contributed by atoms with Gasteiger partial charge in [-0.15, -0.1) is 0 Å². The van der Waals surface area contributed by atoms with E-state index in [1.807, 2.05) is 24.3 Å². The lowest BCUT2D eigenvalue weighted by Crippen LogP contribution is -2.36. The summed E-state index contributed by atoms with van der Waals surface area (Å²) in [6.45, 7) is 0.402. The van der Waals surface area contributed by atoms with Crippen LogP contribution in [0.2, 0.25) is 0 Å². The molecule has 4 unspecified atom stereocenters. The number of hydrogen-bond donors (Lipinski definition) is 3. The second-order valence-electron chi connectivity index (χ2n) is 7.75. The molecule has 7 heteroatoms. The van der Waals surface area contributed by atoms with E-state index in [2.05, 4.69) is 20.3 Å². The third kappa shape index (κ3) is 4.70. The van der Waals surface area contributed by atoms with Crippen LogP contribution in [0.1, 0.15) is 17.7 Å². The van der Waals surface area contributed by atoms with Crippen LogP contribution in [0.4, 0.5) is 4.39 Å². The van der Waals surface area contributed by atoms with Gasteiger partial charge < -0.3 is 15.5 Å². The van der Waals surface area contributed by atoms with Gasteiger partial charge in [-0.1, -0.05) is 12.1 Å². The molecule has 3 aromatic rings. The number of nitrogens with one attached hydrogen (secondary N) is 1. The van der Waals surface area contributed by atoms with Crippen LogP contribution in [0.15, 0.2) is 61.1 Å². The number of benzene rings is 1. The Morgan fingerprint density at radius 1 is 1.10 bits per heavy atom. The fourth-order valence-electron chi connectivity index (χ4n) is 4.26. The molecule has 30 heavy (non-hydrogen) atoms. The molecular formula is C23H25FN4O2. The summed E-state index contributed by atoms with van der Waals surface area (Å²) in [4.78, 5) is 13.1. The van der Waals surface area contributed by atoms with Gasteiger partial charge in [0.1, 0.15) is 5.82 Å². The van der Waals surface area contributed by atoms with Crippen molar-refractivity contribution in [2.24, 2.45) is 11.8 Å². The fourth-order valence-corrected chi connectivity index (χ4v) is 4.26. The van der Waals surface area contributed by atoms with Crippen LogP contribution < -0.4 is 5.32 Å². The first kappa shape index (κ1) is 20.5. The van der Waals surface area contributed by atoms with Crippen LogP contribution in [0.3, 0.4) is 0 Å². The molecule has 1 aromatic carbocycles. The largest absolute Gasteiger partial charge is 0.396 e. The first-order chi connectivity index (χ1) is 14.6. The van der Waals surface area contributed by atoms with E-state index in [1.165, 1.54) is 12.1 Å². The van der Waals surface area contributed by atoms with Gasteiger partial charge in [0.2, 0.25) is 0 Å². The lowest BCUT2D eigenvalue weighted by atomic mass is 9.88. The molecule has 2 heterocycles. The summed E-state index contributed by atoms with van der Waals surface area (Å²) in [7, 11) is 0. The summed E-state index contributed by atoms with van der Waals surface area (Å²) in [5.41, 5.74) is 2.53. The molecule has 0 radical (unpaired) electrons. The molecule has 1 aliphatic carbocycles. The number of aliphatic hydroxyl groups excluding tert-OH is 2. The Labute approximate surface area is 174 Å². The molecule has 4 atom stereocenters. The SMILES string of the molecule is OCC1C(O)CC(NCc2cccc(F)c2)C1Cc1ccnc(-c2cccnc2)n1. The van der Waals surface area contributed by atoms with Crippen LogP contribution in [0.5, 0.6) is 0 Å². The van der Waals surface area contributed by atoms with Gasteiger partial charge in [0.15, 0.2) is 5.82 Å². The summed E-state index contributed by atoms with van der Waals surface area (Å²) >= 11 is 0. The van der Waals surface area contributed by atoms with Crippen LogP contribution in [-0.4, -0.2) is 43.9 Å². The van der Waals surface area contributed by atoms with Gasteiger partial charge in [0, 0.05) is 55.0 Å². The molecule has 6 nitrogen and oxygen atoms in total. The summed E-state index contributed by atoms with van der Waals surface area (Å²) in [6, 6.07) is 12.1. The normalized spacial score (nSPS) is 23.6. The predicted molar refractivity (Wildman–Crippen MR) is 111 cm³/mol. The maximum atomic E-state index is 13.5. The van der Waals surface area contributed by atoms with Gasteiger partial charge in [-0.3, -0.25) is 4.98 Å². The Morgan fingerprint density at radius 3 is 2.77 bits per heavy atom. The zero-order chi connectivity index (χ0) is 20.9. The summed E-state index contributed by atoms with van der Waals surface area (Å²) < 4.78 is 13.5. The number of rotatable bonds is 7. The van der Waals surface area contributed by atoms with E-state index >= 15 is 0 Å². The van der Waals surface area contributed by atoms with E-state index in [4.69, 9.17) is 0 Å². The smallest absolute Gasteiger partial charge is 0.160 e. The molecule has 1 fully saturated rings. The topological polar surface area (TPSA) is 91.2 Å². The van der Waals surface area contributed by atoms with E-state index in [-0.39, 0.29) is 30.3 Å². The van der Waals surface area contributed by atoms with E-state index in [1.54, 1.807) is 24.7 Å². The Kier molecular flexibility index (Phi) is 6.42. The lowest BCUT2D eigenvalue weighted by molar-refractivity contribution is 0.0716. The highest BCUT2D eigenvalue weighted by atomic mass is 19.1. The standard InChI is InChI=1S/C23H25FN4O2/c24-17-5-1-3-15(9-17)12-27-21-11-22(30)20(14-29)19(21)10-18-6-8-26-23(28-18)16-4-2-7-25-13-16/h1-9,13,19-22,27,29-30H,10-12,14H2. The number of aliphatic hydroxyl groups is 2. The number of halogens is 1. The van der Waals surface area contributed by atoms with E-state index in [9.17, 15) is 14.6 Å². The number of nitrogens with zero attached hydrogens (tertiary/aromatic N) is 3. The zero-order valence-corrected chi connectivity index (χ0v) is 16.5. The van der Waals surface area contributed by atoms with E-state index in [0.717, 1.165) is 16.8 Å². The minimum absolute atomic E-state index is 0.00444. The number of pyridine rings is 1. The highest BCUT2D eigenvalue weighted by Gasteiger charge is 2.42. The highest BCUT2D eigenvalue weighted by Crippen LogP contribution is 2.35. The molecule has 1 aliphatic rings. The molecule has 0 spiro atoms. The molecule has 3 N–H and O–H groups in total. The summed E-state index contributed by atoms with van der Waals surface area (Å²) in [6.07, 6.45) is 5.68. The first-order valence-corrected chi connectivity index (χ1v) is 10.1. The molecule has 1 saturated carbocycles. The molecule has 2 aromatic heterocycles. The summed E-state index contributed by atoms with van der Waals surface area (Å²) in [5, 5.41) is 23.8. The van der Waals surface area contributed by atoms with Crippen molar-refractivity contribution < 1.29 is 14.6 Å². The van der Waals surface area contributed by atoms with Gasteiger partial charge in [0.05, 0.1) is 6.10 Å². The quantitative estimate of drug-likeness (QED) is 0.556. The van der Waals surface area contributed by atoms with Crippen molar-refractivity contribution in [2.45, 2.75) is 31.5 Å². The predicted octanol–water partition coefficient (Wildman–Crippen LogP) is 2.37. The van der Waals surface area contributed by atoms with E-state index < -0.39 is 6.10 Å². The molecule has 0 amide bonds. The van der Waals surface area contributed by atoms with Crippen LogP contribution in [0.25, 0.3) is 11.4 Å². The average Bonchev–Trinajstić information content (AvgIpc) is 3.07. The maximum Gasteiger partial charge on any atom is 0.160 e. The highest BCUT2D eigenvalue weighted by molar-refractivity contribution is 5.52. The Bertz CT molecular complexity index is 972. The number of aromatic nitrogens is 3. The number of hydrogen-bond acceptors (Lipinski definition) is 6. The van der Waals surface area contributed by atoms with Crippen molar-refractivity contribution in [1.82, 2.24) is 20.3 Å². The molecule has 0 bridgehead atoms. The fraction of sp³-hybridized carbons (Fsp3) is 0.348. The van der Waals surface area contributed by atoms with Gasteiger partial charge >= 0.3 is 0 Å². The average molecular weight is 408 g/mol. The Hall–Kier alpha value is -2.74. The third-order valence-electron chi connectivity index (χ3n) is 5.80. The second kappa shape index (κ2) is 9.38. The van der Waals surface area contributed by atoms with Crippen molar-refractivity contribution in [1.29, 1.82) is 0 Å². The van der Waals surface area contributed by atoms with Crippen LogP contribution in [0, 0.1) is 17.7 Å². The van der Waals surface area contributed by atoms with E-state index in [0.29, 0.717) is 25.2 Å². The molecule has 156 valence electrons. The third-order valence-corrected chi connectivity index (χ3v) is 5.80. The monoisotopic (exact) mass is 408 g/mol. The van der Waals surface area contributed by atoms with Crippen molar-refractivity contribution >= 4 is 0 Å².